The van der Waals surface area contributed by atoms with Crippen LogP contribution in [0.15, 0.2) is 0 Å². The zero-order chi connectivity index (χ0) is 3.58. The molecule has 0 aliphatic carbocycles. The summed E-state index contributed by atoms with van der Waals surface area (Å²) in [6, 6.07) is 0. The fraction of sp³-hybridized carbons (Fsp3) is 0. The maximum Gasteiger partial charge on any atom is 0.503 e. The van der Waals surface area contributed by atoms with Crippen molar-refractivity contribution in [2.75, 3.05) is 0 Å². The molecule has 13 N–H and O–H groups in total. The van der Waals surface area contributed by atoms with Gasteiger partial charge >= 0.3 is 6.16 Å². The van der Waals surface area contributed by atoms with Crippen molar-refractivity contribution in [1.29, 1.82) is 0 Å². The van der Waals surface area contributed by atoms with Crippen LogP contribution in [-0.2, 0) is 0 Å². The molecule has 64 valence electrons. The lowest BCUT2D eigenvalue weighted by atomic mass is 11.5. The Morgan fingerprint density at radius 2 is 0.889 bits per heavy atom. The van der Waals surface area contributed by atoms with Crippen LogP contribution in [0.2, 0.25) is 0 Å². The standard InChI is InChI=1S/CH2O3.H3N.4H2O/c2-1(3)4;;;;;/h(H2,2,3,4);1H3;4*1H2. The maximum atomic E-state index is 8.56. The minimum Gasteiger partial charge on any atom is -0.450 e. The van der Waals surface area contributed by atoms with Gasteiger partial charge in [0.2, 0.25) is 0 Å². The maximum absolute atomic E-state index is 8.56. The molecule has 0 fully saturated rings. The van der Waals surface area contributed by atoms with E-state index in [0.29, 0.717) is 0 Å². The lowest BCUT2D eigenvalue weighted by Gasteiger charge is -1.60. The second-order valence-electron chi connectivity index (χ2n) is 0.283. The summed E-state index contributed by atoms with van der Waals surface area (Å²) in [5, 5.41) is 13.9. The molecule has 9 heavy (non-hydrogen) atoms. The predicted octanol–water partition coefficient (Wildman–Crippen LogP) is -2.91. The first-order chi connectivity index (χ1) is 1.73. The van der Waals surface area contributed by atoms with Crippen molar-refractivity contribution in [2.24, 2.45) is 0 Å². The predicted molar refractivity (Wildman–Crippen MR) is 30.1 cm³/mol. The van der Waals surface area contributed by atoms with Crippen molar-refractivity contribution < 1.29 is 36.9 Å². The van der Waals surface area contributed by atoms with Gasteiger partial charge in [0.25, 0.3) is 0 Å². The number of rotatable bonds is 0. The van der Waals surface area contributed by atoms with E-state index in [9.17, 15) is 0 Å². The van der Waals surface area contributed by atoms with Gasteiger partial charge in [-0.1, -0.05) is 0 Å². The zero-order valence-electron chi connectivity index (χ0n) is 4.51. The molecule has 0 aromatic heterocycles. The van der Waals surface area contributed by atoms with E-state index < -0.39 is 6.16 Å². The second-order valence-corrected chi connectivity index (χ2v) is 0.283. The summed E-state index contributed by atoms with van der Waals surface area (Å²) in [6.45, 7) is 0. The molecule has 0 unspecified atom stereocenters. The first-order valence-electron chi connectivity index (χ1n) is 0.651. The largest absolute Gasteiger partial charge is 0.503 e. The topological polar surface area (TPSA) is 219 Å². The van der Waals surface area contributed by atoms with Crippen LogP contribution in [0, 0.1) is 0 Å². The molecule has 0 aliphatic rings. The fourth-order valence-electron chi connectivity index (χ4n) is 0. The van der Waals surface area contributed by atoms with Gasteiger partial charge in [0.15, 0.2) is 0 Å². The van der Waals surface area contributed by atoms with E-state index >= 15 is 0 Å². The molecule has 0 heterocycles. The van der Waals surface area contributed by atoms with E-state index in [1.54, 1.807) is 0 Å². The first kappa shape index (κ1) is 94.1. The van der Waals surface area contributed by atoms with Crippen LogP contribution in [0.3, 0.4) is 0 Å². The summed E-state index contributed by atoms with van der Waals surface area (Å²) in [4.78, 5) is 8.56. The molecule has 0 atom stereocenters. The molecule has 0 saturated carbocycles. The molecule has 8 nitrogen and oxygen atoms in total. The molecule has 8 heteroatoms. The van der Waals surface area contributed by atoms with E-state index in [-0.39, 0.29) is 28.1 Å². The van der Waals surface area contributed by atoms with Gasteiger partial charge in [-0.25, -0.2) is 4.79 Å². The van der Waals surface area contributed by atoms with Gasteiger partial charge < -0.3 is 38.3 Å². The summed E-state index contributed by atoms with van der Waals surface area (Å²) in [6.07, 6.45) is -1.83. The molecule has 0 radical (unpaired) electrons. The molecular formula is CH13NO7. The van der Waals surface area contributed by atoms with Crippen LogP contribution in [0.1, 0.15) is 0 Å². The summed E-state index contributed by atoms with van der Waals surface area (Å²) >= 11 is 0. The molecule has 0 rings (SSSR count). The van der Waals surface area contributed by atoms with E-state index in [1.807, 2.05) is 0 Å². The highest BCUT2D eigenvalue weighted by atomic mass is 16.6. The summed E-state index contributed by atoms with van der Waals surface area (Å²) in [5.41, 5.74) is 0. The van der Waals surface area contributed by atoms with Gasteiger partial charge in [0, 0.05) is 0 Å². The molecule has 0 aromatic carbocycles. The van der Waals surface area contributed by atoms with Crippen LogP contribution in [0.25, 0.3) is 0 Å². The Morgan fingerprint density at radius 1 is 0.889 bits per heavy atom. The van der Waals surface area contributed by atoms with Crippen LogP contribution >= 0.6 is 0 Å². The Hall–Kier alpha value is -0.930. The second kappa shape index (κ2) is 60.8. The number of hydrogen-bond acceptors (Lipinski definition) is 2. The SMILES string of the molecule is N.O.O.O.O.O=C(O)O. The first-order valence-corrected chi connectivity index (χ1v) is 0.651. The third-order valence-corrected chi connectivity index (χ3v) is 0. The van der Waals surface area contributed by atoms with Crippen molar-refractivity contribution in [3.63, 3.8) is 0 Å². The Labute approximate surface area is 50.5 Å². The third-order valence-electron chi connectivity index (χ3n) is 0. The minimum absolute atomic E-state index is 0. The molecule has 0 spiro atoms. The minimum atomic E-state index is -1.83. The number of carbonyl (C=O) groups is 1. The quantitative estimate of drug-likeness (QED) is 0.331. The average Bonchev–Trinajstić information content (AvgIpc) is 0.811. The monoisotopic (exact) mass is 151 g/mol. The highest BCUT2D eigenvalue weighted by Crippen LogP contribution is 1.42. The van der Waals surface area contributed by atoms with E-state index in [1.165, 1.54) is 0 Å². The third kappa shape index (κ3) is 210. The Balaban J connectivity index is -0.00000000450. The van der Waals surface area contributed by atoms with Crippen molar-refractivity contribution in [2.45, 2.75) is 0 Å². The van der Waals surface area contributed by atoms with Crippen LogP contribution in [-0.4, -0.2) is 38.3 Å². The van der Waals surface area contributed by atoms with Gasteiger partial charge in [-0.15, -0.1) is 0 Å². The Morgan fingerprint density at radius 3 is 0.889 bits per heavy atom. The van der Waals surface area contributed by atoms with E-state index in [4.69, 9.17) is 15.0 Å². The summed E-state index contributed by atoms with van der Waals surface area (Å²) < 4.78 is 0. The summed E-state index contributed by atoms with van der Waals surface area (Å²) in [5.74, 6) is 0. The van der Waals surface area contributed by atoms with Crippen LogP contribution < -0.4 is 6.15 Å². The van der Waals surface area contributed by atoms with Crippen molar-refractivity contribution in [3.8, 4) is 0 Å². The number of carboxylic acid groups (broad SMARTS) is 2. The van der Waals surface area contributed by atoms with Crippen LogP contribution in [0.5, 0.6) is 0 Å². The average molecular weight is 151 g/mol. The molecule has 0 aromatic rings. The van der Waals surface area contributed by atoms with E-state index in [2.05, 4.69) is 0 Å². The molecule has 0 bridgehead atoms. The lowest BCUT2D eigenvalue weighted by Crippen LogP contribution is -1.81. The van der Waals surface area contributed by atoms with Gasteiger partial charge in [0.1, 0.15) is 0 Å². The van der Waals surface area contributed by atoms with Gasteiger partial charge in [-0.3, -0.25) is 0 Å². The fourth-order valence-corrected chi connectivity index (χ4v) is 0. The smallest absolute Gasteiger partial charge is 0.450 e. The lowest BCUT2D eigenvalue weighted by molar-refractivity contribution is 0.137. The highest BCUT2D eigenvalue weighted by Gasteiger charge is 1.70. The van der Waals surface area contributed by atoms with Gasteiger partial charge in [0.05, 0.1) is 0 Å². The molecular weight excluding hydrogens is 138 g/mol. The highest BCUT2D eigenvalue weighted by molar-refractivity contribution is 5.53. The van der Waals surface area contributed by atoms with Crippen molar-refractivity contribution in [3.05, 3.63) is 0 Å². The molecule has 0 saturated heterocycles. The number of hydrogen-bond donors (Lipinski definition) is 3. The normalized spacial score (nSPS) is 2.67. The van der Waals surface area contributed by atoms with Gasteiger partial charge in [-0.2, -0.15) is 0 Å². The van der Waals surface area contributed by atoms with Crippen molar-refractivity contribution >= 4 is 6.16 Å². The molecule has 0 aliphatic heterocycles. The Bertz CT molecular complexity index is 31.9. The van der Waals surface area contributed by atoms with Gasteiger partial charge in [-0.05, 0) is 0 Å². The zero-order valence-corrected chi connectivity index (χ0v) is 4.51. The Kier molecular flexibility index (Phi) is 636. The summed E-state index contributed by atoms with van der Waals surface area (Å²) in [7, 11) is 0. The molecule has 0 amide bonds. The van der Waals surface area contributed by atoms with Crippen LogP contribution in [0.4, 0.5) is 4.79 Å². The van der Waals surface area contributed by atoms with E-state index in [0.717, 1.165) is 0 Å². The van der Waals surface area contributed by atoms with Crippen molar-refractivity contribution in [1.82, 2.24) is 6.15 Å².